The number of esters is 1. The fourth-order valence-electron chi connectivity index (χ4n) is 1.31. The second-order valence-corrected chi connectivity index (χ2v) is 3.90. The minimum absolute atomic E-state index is 0.431. The molecule has 0 saturated heterocycles. The Bertz CT molecular complexity index is 405. The Labute approximate surface area is 101 Å². The van der Waals surface area contributed by atoms with Gasteiger partial charge in [-0.25, -0.2) is 4.79 Å². The summed E-state index contributed by atoms with van der Waals surface area (Å²) in [4.78, 5) is 13.2. The predicted molar refractivity (Wildman–Crippen MR) is 67.3 cm³/mol. The van der Waals surface area contributed by atoms with E-state index in [4.69, 9.17) is 10.5 Å². The maximum atomic E-state index is 11.2. The van der Waals surface area contributed by atoms with Crippen LogP contribution in [0.4, 0.5) is 11.4 Å². The summed E-state index contributed by atoms with van der Waals surface area (Å²) in [7, 11) is 5.15. The molecule has 2 N–H and O–H groups in total. The molecular formula is C12H18N2O3. The highest BCUT2D eigenvalue weighted by Crippen LogP contribution is 2.27. The Morgan fingerprint density at radius 3 is 2.59 bits per heavy atom. The minimum atomic E-state index is -0.681. The lowest BCUT2D eigenvalue weighted by Gasteiger charge is -2.18. The van der Waals surface area contributed by atoms with Crippen molar-refractivity contribution in [1.29, 1.82) is 0 Å². The molecule has 1 aromatic rings. The molecule has 1 unspecified atom stereocenters. The molecule has 0 heterocycles. The zero-order chi connectivity index (χ0) is 13.0. The summed E-state index contributed by atoms with van der Waals surface area (Å²) >= 11 is 0. The molecular weight excluding hydrogens is 220 g/mol. The van der Waals surface area contributed by atoms with Crippen molar-refractivity contribution >= 4 is 17.3 Å². The fourth-order valence-corrected chi connectivity index (χ4v) is 1.31. The third kappa shape index (κ3) is 3.27. The van der Waals surface area contributed by atoms with Crippen molar-refractivity contribution < 1.29 is 14.3 Å². The lowest BCUT2D eigenvalue weighted by molar-refractivity contribution is -0.147. The van der Waals surface area contributed by atoms with Crippen LogP contribution in [-0.4, -0.2) is 33.3 Å². The number of carbonyl (C=O) groups excluding carboxylic acids is 1. The fraction of sp³-hybridized carbons (Fsp3) is 0.417. The molecule has 0 spiro atoms. The van der Waals surface area contributed by atoms with E-state index in [-0.39, 0.29) is 0 Å². The molecule has 0 aromatic heterocycles. The largest absolute Gasteiger partial charge is 0.477 e. The molecule has 0 fully saturated rings. The van der Waals surface area contributed by atoms with Gasteiger partial charge in [0.1, 0.15) is 5.75 Å². The van der Waals surface area contributed by atoms with Gasteiger partial charge in [-0.1, -0.05) is 0 Å². The molecule has 1 rings (SSSR count). The maximum Gasteiger partial charge on any atom is 0.346 e. The Balaban J connectivity index is 2.89. The van der Waals surface area contributed by atoms with E-state index in [1.165, 1.54) is 7.11 Å². The van der Waals surface area contributed by atoms with Crippen LogP contribution in [0.15, 0.2) is 18.2 Å². The number of hydrogen-bond acceptors (Lipinski definition) is 5. The van der Waals surface area contributed by atoms with Gasteiger partial charge in [0.15, 0.2) is 6.10 Å². The number of methoxy groups -OCH3 is 1. The molecule has 0 aliphatic rings. The van der Waals surface area contributed by atoms with Gasteiger partial charge >= 0.3 is 5.97 Å². The number of benzene rings is 1. The SMILES string of the molecule is COC(=O)C(C)Oc1cc(N(C)C)ccc1N. The van der Waals surface area contributed by atoms with Crippen molar-refractivity contribution in [1.82, 2.24) is 0 Å². The van der Waals surface area contributed by atoms with E-state index in [0.29, 0.717) is 11.4 Å². The van der Waals surface area contributed by atoms with Crippen molar-refractivity contribution in [2.75, 3.05) is 31.8 Å². The minimum Gasteiger partial charge on any atom is -0.477 e. The first-order valence-corrected chi connectivity index (χ1v) is 5.27. The Morgan fingerprint density at radius 2 is 2.06 bits per heavy atom. The molecule has 0 radical (unpaired) electrons. The number of hydrogen-bond donors (Lipinski definition) is 1. The van der Waals surface area contributed by atoms with Crippen molar-refractivity contribution in [3.63, 3.8) is 0 Å². The average molecular weight is 238 g/mol. The zero-order valence-electron chi connectivity index (χ0n) is 10.6. The topological polar surface area (TPSA) is 64.8 Å². The standard InChI is InChI=1S/C12H18N2O3/c1-8(12(15)16-4)17-11-7-9(14(2)3)5-6-10(11)13/h5-8H,13H2,1-4H3. The molecule has 0 aliphatic carbocycles. The van der Waals surface area contributed by atoms with Gasteiger partial charge < -0.3 is 20.1 Å². The van der Waals surface area contributed by atoms with Gasteiger partial charge in [-0.3, -0.25) is 0 Å². The molecule has 0 aliphatic heterocycles. The summed E-state index contributed by atoms with van der Waals surface area (Å²) in [6.07, 6.45) is -0.681. The number of ether oxygens (including phenoxy) is 2. The molecule has 0 saturated carbocycles. The molecule has 0 bridgehead atoms. The van der Waals surface area contributed by atoms with Gasteiger partial charge in [-0.05, 0) is 19.1 Å². The number of rotatable bonds is 4. The second kappa shape index (κ2) is 5.43. The monoisotopic (exact) mass is 238 g/mol. The van der Waals surface area contributed by atoms with E-state index in [2.05, 4.69) is 4.74 Å². The van der Waals surface area contributed by atoms with Gasteiger partial charge in [-0.15, -0.1) is 0 Å². The Morgan fingerprint density at radius 1 is 1.41 bits per heavy atom. The van der Waals surface area contributed by atoms with E-state index >= 15 is 0 Å². The van der Waals surface area contributed by atoms with Crippen LogP contribution in [0.25, 0.3) is 0 Å². The van der Waals surface area contributed by atoms with Crippen molar-refractivity contribution in [3.05, 3.63) is 18.2 Å². The quantitative estimate of drug-likeness (QED) is 0.632. The lowest BCUT2D eigenvalue weighted by Crippen LogP contribution is -2.25. The van der Waals surface area contributed by atoms with Gasteiger partial charge in [0.2, 0.25) is 0 Å². The maximum absolute atomic E-state index is 11.2. The highest BCUT2D eigenvalue weighted by Gasteiger charge is 2.16. The smallest absolute Gasteiger partial charge is 0.346 e. The number of nitrogens with zero attached hydrogens (tertiary/aromatic N) is 1. The molecule has 5 heteroatoms. The summed E-state index contributed by atoms with van der Waals surface area (Å²) in [6.45, 7) is 1.62. The Kier molecular flexibility index (Phi) is 4.20. The molecule has 1 aromatic carbocycles. The summed E-state index contributed by atoms with van der Waals surface area (Å²) in [6, 6.07) is 5.41. The lowest BCUT2D eigenvalue weighted by atomic mass is 10.2. The van der Waals surface area contributed by atoms with Crippen LogP contribution < -0.4 is 15.4 Å². The summed E-state index contributed by atoms with van der Waals surface area (Å²) in [5, 5.41) is 0. The third-order valence-corrected chi connectivity index (χ3v) is 2.35. The van der Waals surface area contributed by atoms with Crippen LogP contribution in [0.1, 0.15) is 6.92 Å². The van der Waals surface area contributed by atoms with Crippen LogP contribution in [-0.2, 0) is 9.53 Å². The Hall–Kier alpha value is -1.91. The molecule has 5 nitrogen and oxygen atoms in total. The van der Waals surface area contributed by atoms with E-state index in [0.717, 1.165) is 5.69 Å². The molecule has 94 valence electrons. The second-order valence-electron chi connectivity index (χ2n) is 3.90. The third-order valence-electron chi connectivity index (χ3n) is 2.35. The number of nitrogens with two attached hydrogens (primary N) is 1. The van der Waals surface area contributed by atoms with Gasteiger partial charge in [0.25, 0.3) is 0 Å². The summed E-state index contributed by atoms with van der Waals surface area (Å²) in [5.41, 5.74) is 7.23. The van der Waals surface area contributed by atoms with Gasteiger partial charge in [0, 0.05) is 25.8 Å². The number of anilines is 2. The van der Waals surface area contributed by atoms with E-state index in [9.17, 15) is 4.79 Å². The first kappa shape index (κ1) is 13.2. The van der Waals surface area contributed by atoms with Gasteiger partial charge in [-0.2, -0.15) is 0 Å². The van der Waals surface area contributed by atoms with E-state index in [1.54, 1.807) is 19.1 Å². The zero-order valence-corrected chi connectivity index (χ0v) is 10.6. The van der Waals surface area contributed by atoms with Crippen LogP contribution >= 0.6 is 0 Å². The summed E-state index contributed by atoms with van der Waals surface area (Å²) < 4.78 is 10.0. The first-order valence-electron chi connectivity index (χ1n) is 5.27. The van der Waals surface area contributed by atoms with Crippen molar-refractivity contribution in [2.45, 2.75) is 13.0 Å². The molecule has 0 amide bonds. The normalized spacial score (nSPS) is 11.8. The first-order chi connectivity index (χ1) is 7.95. The number of carbonyl (C=O) groups is 1. The van der Waals surface area contributed by atoms with Crippen LogP contribution in [0.3, 0.4) is 0 Å². The highest BCUT2D eigenvalue weighted by atomic mass is 16.6. The van der Waals surface area contributed by atoms with E-state index in [1.807, 2.05) is 25.1 Å². The molecule has 17 heavy (non-hydrogen) atoms. The van der Waals surface area contributed by atoms with Crippen molar-refractivity contribution in [3.8, 4) is 5.75 Å². The van der Waals surface area contributed by atoms with Gasteiger partial charge in [0.05, 0.1) is 12.8 Å². The highest BCUT2D eigenvalue weighted by molar-refractivity contribution is 5.75. The van der Waals surface area contributed by atoms with Crippen LogP contribution in [0.5, 0.6) is 5.75 Å². The van der Waals surface area contributed by atoms with Crippen LogP contribution in [0.2, 0.25) is 0 Å². The predicted octanol–water partition coefficient (Wildman–Crippen LogP) is 1.28. The summed E-state index contributed by atoms with van der Waals surface area (Å²) in [5.74, 6) is 0.0498. The number of nitrogen functional groups attached to an aromatic ring is 1. The van der Waals surface area contributed by atoms with E-state index < -0.39 is 12.1 Å². The van der Waals surface area contributed by atoms with Crippen LogP contribution in [0, 0.1) is 0 Å². The van der Waals surface area contributed by atoms with Crippen molar-refractivity contribution in [2.24, 2.45) is 0 Å². The molecule has 1 atom stereocenters. The average Bonchev–Trinajstić information content (AvgIpc) is 2.30.